The number of hydrogen-bond donors (Lipinski definition) is 1. The number of ether oxygens (including phenoxy) is 1. The van der Waals surface area contributed by atoms with Gasteiger partial charge in [0.1, 0.15) is 0 Å². The number of nitrogens with zero attached hydrogens (tertiary/aromatic N) is 2. The number of carbonyl (C=O) groups excluding carboxylic acids is 4. The lowest BCUT2D eigenvalue weighted by molar-refractivity contribution is -0.384. The molecule has 1 fully saturated rings. The van der Waals surface area contributed by atoms with Gasteiger partial charge in [0.2, 0.25) is 11.8 Å². The molecule has 10 nitrogen and oxygen atoms in total. The van der Waals surface area contributed by atoms with Crippen molar-refractivity contribution in [3.8, 4) is 11.5 Å². The summed E-state index contributed by atoms with van der Waals surface area (Å²) < 4.78 is 5.88. The Hall–Kier alpha value is -4.13. The number of non-ortho nitro benzene ring substituents is 1. The van der Waals surface area contributed by atoms with Crippen LogP contribution < -0.4 is 9.64 Å². The number of rotatable bonds is 4. The molecule has 1 aliphatic heterocycles. The monoisotopic (exact) mass is 666 g/mol. The Balaban J connectivity index is 1.48. The molecular weight excluding hydrogens is 643 g/mol. The maximum Gasteiger partial charge on any atom is 0.269 e. The number of halogens is 1. The molecule has 3 aliphatic carbocycles. The van der Waals surface area contributed by atoms with Gasteiger partial charge < -0.3 is 9.84 Å². The molecule has 2 aromatic rings. The van der Waals surface area contributed by atoms with Gasteiger partial charge in [-0.05, 0) is 84.2 Å². The fraction of sp³-hybridized carbons (Fsp3) is 0.267. The molecule has 2 amide bonds. The summed E-state index contributed by atoms with van der Waals surface area (Å²) in [6.07, 6.45) is 3.61. The fourth-order valence-electron chi connectivity index (χ4n) is 6.63. The number of Topliss-reactive ketones (excluding diaryl/α,β-unsaturated/α-hetero) is 1. The Labute approximate surface area is 247 Å². The lowest BCUT2D eigenvalue weighted by Crippen LogP contribution is -2.39. The first-order valence-corrected chi connectivity index (χ1v) is 14.0. The summed E-state index contributed by atoms with van der Waals surface area (Å²) in [4.78, 5) is 66.0. The van der Waals surface area contributed by atoms with Crippen molar-refractivity contribution in [3.05, 3.63) is 90.1 Å². The quantitative estimate of drug-likeness (QED) is 0.125. The number of anilines is 1. The van der Waals surface area contributed by atoms with Crippen LogP contribution in [0.2, 0.25) is 0 Å². The highest BCUT2D eigenvalue weighted by atomic mass is 127. The summed E-state index contributed by atoms with van der Waals surface area (Å²) in [5, 5.41) is 21.6. The number of imide groups is 1. The van der Waals surface area contributed by atoms with Crippen LogP contribution in [0.1, 0.15) is 31.2 Å². The van der Waals surface area contributed by atoms with Crippen molar-refractivity contribution in [2.45, 2.75) is 25.7 Å². The number of hydrogen-bond acceptors (Lipinski definition) is 8. The molecule has 1 heterocycles. The zero-order valence-corrected chi connectivity index (χ0v) is 24.1. The number of benzene rings is 2. The first kappa shape index (κ1) is 27.1. The molecule has 2 aromatic carbocycles. The number of nitro benzene ring substituents is 1. The van der Waals surface area contributed by atoms with Crippen molar-refractivity contribution in [3.63, 3.8) is 0 Å². The average molecular weight is 666 g/mol. The Morgan fingerprint density at radius 1 is 1.07 bits per heavy atom. The van der Waals surface area contributed by atoms with E-state index in [0.717, 1.165) is 10.5 Å². The zero-order valence-electron chi connectivity index (χ0n) is 21.9. The second-order valence-electron chi connectivity index (χ2n) is 10.6. The topological polar surface area (TPSA) is 144 Å². The van der Waals surface area contributed by atoms with Gasteiger partial charge in [-0.15, -0.1) is 0 Å². The largest absolute Gasteiger partial charge is 0.504 e. The maximum absolute atomic E-state index is 13.9. The number of carbonyl (C=O) groups is 4. The van der Waals surface area contributed by atoms with E-state index in [1.165, 1.54) is 37.5 Å². The fourth-order valence-corrected chi connectivity index (χ4v) is 7.26. The molecule has 1 saturated heterocycles. The van der Waals surface area contributed by atoms with Gasteiger partial charge in [0.05, 0.1) is 33.1 Å². The zero-order chi connectivity index (χ0) is 29.3. The van der Waals surface area contributed by atoms with Crippen molar-refractivity contribution >= 4 is 57.3 Å². The van der Waals surface area contributed by atoms with E-state index in [1.807, 2.05) is 28.7 Å². The minimum atomic E-state index is -0.776. The Morgan fingerprint density at radius 2 is 1.78 bits per heavy atom. The van der Waals surface area contributed by atoms with Crippen molar-refractivity contribution in [2.75, 3.05) is 12.0 Å². The second-order valence-corrected chi connectivity index (χ2v) is 11.7. The van der Waals surface area contributed by atoms with Gasteiger partial charge in [0, 0.05) is 34.8 Å². The molecule has 6 rings (SSSR count). The van der Waals surface area contributed by atoms with Gasteiger partial charge in [-0.2, -0.15) is 0 Å². The van der Waals surface area contributed by atoms with Gasteiger partial charge in [-0.25, -0.2) is 0 Å². The first-order chi connectivity index (χ1) is 19.5. The smallest absolute Gasteiger partial charge is 0.269 e. The van der Waals surface area contributed by atoms with Gasteiger partial charge >= 0.3 is 0 Å². The molecule has 208 valence electrons. The third kappa shape index (κ3) is 4.04. The molecule has 0 spiro atoms. The van der Waals surface area contributed by atoms with Crippen LogP contribution in [0, 0.1) is 31.4 Å². The van der Waals surface area contributed by atoms with Crippen LogP contribution in [0.15, 0.2) is 70.8 Å². The highest BCUT2D eigenvalue weighted by Crippen LogP contribution is 2.56. The maximum atomic E-state index is 13.9. The highest BCUT2D eigenvalue weighted by Gasteiger charge is 2.56. The van der Waals surface area contributed by atoms with E-state index < -0.39 is 40.4 Å². The molecule has 0 aromatic heterocycles. The Kier molecular flexibility index (Phi) is 6.44. The number of allylic oxidation sites excluding steroid dienone is 6. The van der Waals surface area contributed by atoms with Crippen LogP contribution >= 0.6 is 22.6 Å². The van der Waals surface area contributed by atoms with Crippen LogP contribution in [0.25, 0.3) is 0 Å². The molecule has 0 saturated carbocycles. The van der Waals surface area contributed by atoms with Crippen LogP contribution in [-0.2, 0) is 19.2 Å². The number of fused-ring (bicyclic) bond motifs is 3. The van der Waals surface area contributed by atoms with E-state index in [1.54, 1.807) is 19.1 Å². The molecule has 0 unspecified atom stereocenters. The van der Waals surface area contributed by atoms with Crippen molar-refractivity contribution in [1.82, 2.24) is 0 Å². The van der Waals surface area contributed by atoms with Crippen LogP contribution in [0.5, 0.6) is 11.5 Å². The average Bonchev–Trinajstić information content (AvgIpc) is 3.21. The normalized spacial score (nSPS) is 25.4. The van der Waals surface area contributed by atoms with Crippen molar-refractivity contribution in [1.29, 1.82) is 0 Å². The molecule has 41 heavy (non-hydrogen) atoms. The number of aromatic hydroxyl groups is 1. The Bertz CT molecular complexity index is 1690. The van der Waals surface area contributed by atoms with Crippen LogP contribution in [-0.4, -0.2) is 40.5 Å². The van der Waals surface area contributed by atoms with E-state index in [4.69, 9.17) is 4.74 Å². The van der Waals surface area contributed by atoms with E-state index in [0.29, 0.717) is 25.9 Å². The van der Waals surface area contributed by atoms with Crippen LogP contribution in [0.3, 0.4) is 0 Å². The summed E-state index contributed by atoms with van der Waals surface area (Å²) >= 11 is 1.97. The van der Waals surface area contributed by atoms with E-state index in [-0.39, 0.29) is 47.3 Å². The summed E-state index contributed by atoms with van der Waals surface area (Å²) in [6, 6.07) is 8.63. The number of amides is 2. The molecular formula is C30H23IN2O8. The number of phenolic OH excluding ortho intramolecular Hbond substituents is 1. The predicted octanol–water partition coefficient (Wildman–Crippen LogP) is 4.55. The minimum absolute atomic E-state index is 0.0477. The van der Waals surface area contributed by atoms with E-state index in [9.17, 15) is 34.4 Å². The molecule has 1 N–H and O–H groups in total. The van der Waals surface area contributed by atoms with Gasteiger partial charge in [-0.1, -0.05) is 11.6 Å². The summed E-state index contributed by atoms with van der Waals surface area (Å²) in [5.74, 6) is -3.88. The SMILES string of the molecule is COc1cc([C@H]2C3=CC[C@@H]4C(=O)N(c5ccc([N+](=O)[O-])cc5)C(=O)[C@@H]4[C@@H]3CC3=C2C(=O)C(C)=CC3=O)cc(I)c1O. The molecule has 4 aliphatic rings. The third-order valence-corrected chi connectivity index (χ3v) is 9.31. The van der Waals surface area contributed by atoms with Gasteiger partial charge in [0.25, 0.3) is 5.69 Å². The highest BCUT2D eigenvalue weighted by molar-refractivity contribution is 14.1. The van der Waals surface area contributed by atoms with Crippen molar-refractivity contribution < 1.29 is 33.9 Å². The molecule has 0 bridgehead atoms. The summed E-state index contributed by atoms with van der Waals surface area (Å²) in [6.45, 7) is 1.60. The van der Waals surface area contributed by atoms with E-state index >= 15 is 0 Å². The standard InChI is InChI=1S/C30H23IN2O8/c1-13-9-22(34)20-12-19-17(24(26(20)27(13)35)14-10-21(31)28(36)23(11-14)41-2)7-8-18-25(19)30(38)32(29(18)37)15-3-5-16(6-4-15)33(39)40/h3-7,9-11,18-19,24-25,36H,8,12H2,1-2H3/t18-,19+,24-,25-/m0/s1. The molecule has 11 heteroatoms. The second kappa shape index (κ2) is 9.75. The predicted molar refractivity (Wildman–Crippen MR) is 154 cm³/mol. The lowest BCUT2D eigenvalue weighted by atomic mass is 9.59. The number of ketones is 2. The number of methoxy groups -OCH3 is 1. The first-order valence-electron chi connectivity index (χ1n) is 12.9. The summed E-state index contributed by atoms with van der Waals surface area (Å²) in [7, 11) is 1.42. The van der Waals surface area contributed by atoms with Crippen molar-refractivity contribution in [2.24, 2.45) is 17.8 Å². The van der Waals surface area contributed by atoms with Gasteiger partial charge in [-0.3, -0.25) is 34.2 Å². The Morgan fingerprint density at radius 3 is 2.44 bits per heavy atom. The van der Waals surface area contributed by atoms with E-state index in [2.05, 4.69) is 0 Å². The minimum Gasteiger partial charge on any atom is -0.504 e. The molecule has 4 atom stereocenters. The van der Waals surface area contributed by atoms with Crippen LogP contribution in [0.4, 0.5) is 11.4 Å². The number of phenols is 1. The molecule has 0 radical (unpaired) electrons. The summed E-state index contributed by atoms with van der Waals surface area (Å²) in [5.41, 5.74) is 2.49. The lowest BCUT2D eigenvalue weighted by Gasteiger charge is -2.42. The third-order valence-electron chi connectivity index (χ3n) is 8.49. The van der Waals surface area contributed by atoms with Gasteiger partial charge in [0.15, 0.2) is 23.1 Å². The number of nitro groups is 1.